The molecule has 0 N–H and O–H groups in total. The molecular formula is C13H18O6. The summed E-state index contributed by atoms with van der Waals surface area (Å²) < 4.78 is 21.7. The Bertz CT molecular complexity index is 413. The van der Waals surface area contributed by atoms with Gasteiger partial charge in [-0.05, 0) is 19.8 Å². The third kappa shape index (κ3) is 1.70. The van der Waals surface area contributed by atoms with Crippen molar-refractivity contribution in [2.75, 3.05) is 20.3 Å². The minimum Gasteiger partial charge on any atom is -0.469 e. The van der Waals surface area contributed by atoms with Gasteiger partial charge < -0.3 is 18.9 Å². The normalized spacial score (nSPS) is 40.0. The summed E-state index contributed by atoms with van der Waals surface area (Å²) >= 11 is 0. The summed E-state index contributed by atoms with van der Waals surface area (Å²) in [6.45, 7) is 2.82. The van der Waals surface area contributed by atoms with E-state index in [0.29, 0.717) is 32.5 Å². The van der Waals surface area contributed by atoms with Crippen molar-refractivity contribution in [3.05, 3.63) is 0 Å². The number of fused-ring (bicyclic) bond motifs is 2. The number of hydrogen-bond acceptors (Lipinski definition) is 6. The predicted molar refractivity (Wildman–Crippen MR) is 62.0 cm³/mol. The number of methoxy groups -OCH3 is 1. The third-order valence-corrected chi connectivity index (χ3v) is 4.66. The van der Waals surface area contributed by atoms with Crippen molar-refractivity contribution in [3.8, 4) is 0 Å². The fourth-order valence-corrected chi connectivity index (χ4v) is 3.51. The molecule has 6 heteroatoms. The molecule has 2 bridgehead atoms. The smallest absolute Gasteiger partial charge is 0.310 e. The lowest BCUT2D eigenvalue weighted by atomic mass is 9.71. The summed E-state index contributed by atoms with van der Waals surface area (Å²) in [5.41, 5.74) is -0.754. The minimum absolute atomic E-state index is 0.337. The zero-order valence-corrected chi connectivity index (χ0v) is 11.1. The first-order chi connectivity index (χ1) is 9.01. The second-order valence-electron chi connectivity index (χ2n) is 5.54. The highest BCUT2D eigenvalue weighted by atomic mass is 16.8. The van der Waals surface area contributed by atoms with E-state index in [0.717, 1.165) is 0 Å². The number of esters is 2. The molecule has 3 rings (SSSR count). The fourth-order valence-electron chi connectivity index (χ4n) is 3.51. The van der Waals surface area contributed by atoms with Crippen LogP contribution in [0.3, 0.4) is 0 Å². The monoisotopic (exact) mass is 270 g/mol. The van der Waals surface area contributed by atoms with E-state index in [4.69, 9.17) is 18.9 Å². The van der Waals surface area contributed by atoms with Gasteiger partial charge in [0.05, 0.1) is 32.2 Å². The van der Waals surface area contributed by atoms with Crippen LogP contribution >= 0.6 is 0 Å². The molecule has 1 aliphatic carbocycles. The first-order valence-corrected chi connectivity index (χ1v) is 6.60. The number of carbonyl (C=O) groups excluding carboxylic acids is 2. The Balaban J connectivity index is 1.86. The molecule has 2 heterocycles. The van der Waals surface area contributed by atoms with Crippen LogP contribution in [-0.2, 0) is 28.5 Å². The average Bonchev–Trinajstić information content (AvgIpc) is 2.95. The van der Waals surface area contributed by atoms with Gasteiger partial charge in [0, 0.05) is 6.42 Å². The molecule has 0 unspecified atom stereocenters. The Morgan fingerprint density at radius 2 is 2.05 bits per heavy atom. The maximum Gasteiger partial charge on any atom is 0.310 e. The Morgan fingerprint density at radius 3 is 2.68 bits per heavy atom. The summed E-state index contributed by atoms with van der Waals surface area (Å²) in [5.74, 6) is -2.41. The van der Waals surface area contributed by atoms with E-state index < -0.39 is 23.2 Å². The topological polar surface area (TPSA) is 71.1 Å². The zero-order chi connectivity index (χ0) is 13.7. The molecule has 106 valence electrons. The largest absolute Gasteiger partial charge is 0.469 e. The molecule has 19 heavy (non-hydrogen) atoms. The Morgan fingerprint density at radius 1 is 1.37 bits per heavy atom. The lowest BCUT2D eigenvalue weighted by Crippen LogP contribution is -2.54. The summed E-state index contributed by atoms with van der Waals surface area (Å²) in [6.07, 6.45) is 1.58. The summed E-state index contributed by atoms with van der Waals surface area (Å²) in [6, 6.07) is 0. The highest BCUT2D eigenvalue weighted by Crippen LogP contribution is 2.53. The summed E-state index contributed by atoms with van der Waals surface area (Å²) in [4.78, 5) is 23.8. The van der Waals surface area contributed by atoms with Crippen LogP contribution in [0.1, 0.15) is 26.2 Å². The SMILES string of the molecule is COC(=O)[C@@H]1CC[C@]2(C3(C)OCCO3)C[C@H]1C(=O)O2. The van der Waals surface area contributed by atoms with Crippen LogP contribution in [0.15, 0.2) is 0 Å². The quantitative estimate of drug-likeness (QED) is 0.686. The fraction of sp³-hybridized carbons (Fsp3) is 0.846. The molecule has 1 saturated carbocycles. The average molecular weight is 270 g/mol. The molecule has 6 nitrogen and oxygen atoms in total. The van der Waals surface area contributed by atoms with Crippen LogP contribution in [0.5, 0.6) is 0 Å². The molecule has 3 fully saturated rings. The van der Waals surface area contributed by atoms with E-state index in [1.54, 1.807) is 0 Å². The minimum atomic E-state index is -0.890. The number of carbonyl (C=O) groups is 2. The predicted octanol–water partition coefficient (Wildman–Crippen LogP) is 0.634. The van der Waals surface area contributed by atoms with E-state index in [2.05, 4.69) is 0 Å². The van der Waals surface area contributed by atoms with E-state index in [9.17, 15) is 9.59 Å². The van der Waals surface area contributed by atoms with E-state index >= 15 is 0 Å². The molecule has 0 aromatic rings. The molecule has 0 aromatic carbocycles. The van der Waals surface area contributed by atoms with Crippen LogP contribution in [-0.4, -0.2) is 43.7 Å². The maximum absolute atomic E-state index is 12.0. The van der Waals surface area contributed by atoms with Gasteiger partial charge in [0.15, 0.2) is 5.60 Å². The molecular weight excluding hydrogens is 252 g/mol. The van der Waals surface area contributed by atoms with Gasteiger partial charge in [-0.15, -0.1) is 0 Å². The first kappa shape index (κ1) is 12.9. The summed E-state index contributed by atoms with van der Waals surface area (Å²) in [7, 11) is 1.34. The van der Waals surface area contributed by atoms with Gasteiger partial charge >= 0.3 is 11.9 Å². The molecule has 3 atom stereocenters. The first-order valence-electron chi connectivity index (χ1n) is 6.60. The molecule has 3 aliphatic rings. The van der Waals surface area contributed by atoms with Crippen molar-refractivity contribution in [2.45, 2.75) is 37.6 Å². The second-order valence-corrected chi connectivity index (χ2v) is 5.54. The highest BCUT2D eigenvalue weighted by molar-refractivity contribution is 5.84. The molecule has 0 spiro atoms. The molecule has 0 radical (unpaired) electrons. The van der Waals surface area contributed by atoms with Crippen molar-refractivity contribution >= 4 is 11.9 Å². The highest BCUT2D eigenvalue weighted by Gasteiger charge is 2.65. The number of ether oxygens (including phenoxy) is 4. The zero-order valence-electron chi connectivity index (χ0n) is 11.1. The van der Waals surface area contributed by atoms with E-state index in [1.165, 1.54) is 7.11 Å². The van der Waals surface area contributed by atoms with Crippen LogP contribution in [0.25, 0.3) is 0 Å². The van der Waals surface area contributed by atoms with E-state index in [-0.39, 0.29) is 11.9 Å². The standard InChI is InChI=1S/C13H18O6/c1-12(17-5-6-18-12)13-4-3-8(10(14)16-2)9(7-13)11(15)19-13/h8-9H,3-7H2,1-2H3/t8-,9-,13-/m1/s1. The van der Waals surface area contributed by atoms with Gasteiger partial charge in [-0.1, -0.05) is 0 Å². The van der Waals surface area contributed by atoms with Crippen LogP contribution in [0.4, 0.5) is 0 Å². The van der Waals surface area contributed by atoms with Crippen molar-refractivity contribution in [3.63, 3.8) is 0 Å². The van der Waals surface area contributed by atoms with Crippen molar-refractivity contribution in [1.82, 2.24) is 0 Å². The Kier molecular flexibility index (Phi) is 2.83. The molecule has 0 aromatic heterocycles. The maximum atomic E-state index is 12.0. The van der Waals surface area contributed by atoms with Crippen molar-refractivity contribution in [2.24, 2.45) is 11.8 Å². The third-order valence-electron chi connectivity index (χ3n) is 4.66. The van der Waals surface area contributed by atoms with Gasteiger partial charge in [-0.25, -0.2) is 0 Å². The Hall–Kier alpha value is -1.14. The van der Waals surface area contributed by atoms with Crippen molar-refractivity contribution in [1.29, 1.82) is 0 Å². The second kappa shape index (κ2) is 4.18. The van der Waals surface area contributed by atoms with E-state index in [1.807, 2.05) is 6.92 Å². The van der Waals surface area contributed by atoms with Crippen molar-refractivity contribution < 1.29 is 28.5 Å². The van der Waals surface area contributed by atoms with Gasteiger partial charge in [0.1, 0.15) is 0 Å². The number of rotatable bonds is 2. The Labute approximate surface area is 111 Å². The van der Waals surface area contributed by atoms with Gasteiger partial charge in [-0.2, -0.15) is 0 Å². The van der Waals surface area contributed by atoms with Gasteiger partial charge in [0.2, 0.25) is 5.79 Å². The molecule has 2 aliphatic heterocycles. The lowest BCUT2D eigenvalue weighted by molar-refractivity contribution is -0.261. The van der Waals surface area contributed by atoms with Crippen LogP contribution in [0.2, 0.25) is 0 Å². The van der Waals surface area contributed by atoms with Gasteiger partial charge in [-0.3, -0.25) is 9.59 Å². The summed E-state index contributed by atoms with van der Waals surface area (Å²) in [5, 5.41) is 0. The van der Waals surface area contributed by atoms with Gasteiger partial charge in [0.25, 0.3) is 0 Å². The molecule has 0 amide bonds. The van der Waals surface area contributed by atoms with Crippen LogP contribution < -0.4 is 0 Å². The lowest BCUT2D eigenvalue weighted by Gasteiger charge is -2.42. The van der Waals surface area contributed by atoms with Crippen LogP contribution in [0, 0.1) is 11.8 Å². The molecule has 2 saturated heterocycles. The number of hydrogen-bond donors (Lipinski definition) is 0.